The van der Waals surface area contributed by atoms with E-state index in [2.05, 4.69) is 39.3 Å². The largest absolute Gasteiger partial charge is 0.301 e. The van der Waals surface area contributed by atoms with Gasteiger partial charge in [0.15, 0.2) is 5.82 Å². The van der Waals surface area contributed by atoms with Crippen LogP contribution in [0.2, 0.25) is 0 Å². The molecule has 0 aliphatic heterocycles. The first-order valence-corrected chi connectivity index (χ1v) is 7.30. The van der Waals surface area contributed by atoms with E-state index in [0.717, 1.165) is 33.9 Å². The average Bonchev–Trinajstić information content (AvgIpc) is 2.91. The Morgan fingerprint density at radius 2 is 2.00 bits per heavy atom. The van der Waals surface area contributed by atoms with Crippen molar-refractivity contribution in [3.63, 3.8) is 0 Å². The molecule has 0 saturated carbocycles. The zero-order chi connectivity index (χ0) is 13.6. The summed E-state index contributed by atoms with van der Waals surface area (Å²) in [6, 6.07) is 6.02. The van der Waals surface area contributed by atoms with E-state index >= 15 is 0 Å². The Bertz CT molecular complexity index is 754. The van der Waals surface area contributed by atoms with Gasteiger partial charge in [0.2, 0.25) is 0 Å². The molecule has 0 N–H and O–H groups in total. The van der Waals surface area contributed by atoms with Gasteiger partial charge in [0.25, 0.3) is 0 Å². The van der Waals surface area contributed by atoms with E-state index in [0.29, 0.717) is 0 Å². The predicted octanol–water partition coefficient (Wildman–Crippen LogP) is 3.34. The van der Waals surface area contributed by atoms with Crippen LogP contribution >= 0.6 is 15.9 Å². The SMILES string of the molecule is Cc1nn(-c2nc3ccccn3c2CBr)c(C)c1C. The first-order chi connectivity index (χ1) is 9.13. The number of hydrogen-bond donors (Lipinski definition) is 0. The number of imidazole rings is 1. The maximum atomic E-state index is 4.70. The quantitative estimate of drug-likeness (QED) is 0.679. The van der Waals surface area contributed by atoms with Gasteiger partial charge < -0.3 is 4.40 Å². The summed E-state index contributed by atoms with van der Waals surface area (Å²) in [5.74, 6) is 0.900. The van der Waals surface area contributed by atoms with Crippen LogP contribution in [-0.4, -0.2) is 19.2 Å². The van der Waals surface area contributed by atoms with Crippen LogP contribution in [0.1, 0.15) is 22.6 Å². The van der Waals surface area contributed by atoms with Crippen molar-refractivity contribution in [3.05, 3.63) is 47.0 Å². The molecule has 3 rings (SSSR count). The molecule has 0 bridgehead atoms. The number of pyridine rings is 1. The molecule has 0 aliphatic carbocycles. The highest BCUT2D eigenvalue weighted by atomic mass is 79.9. The van der Waals surface area contributed by atoms with Crippen molar-refractivity contribution in [1.29, 1.82) is 0 Å². The van der Waals surface area contributed by atoms with Gasteiger partial charge in [0, 0.05) is 17.2 Å². The Morgan fingerprint density at radius 3 is 2.63 bits per heavy atom. The Hall–Kier alpha value is -1.62. The highest BCUT2D eigenvalue weighted by molar-refractivity contribution is 9.08. The molecule has 0 aliphatic rings. The molecule has 0 amide bonds. The zero-order valence-electron chi connectivity index (χ0n) is 11.2. The third kappa shape index (κ3) is 1.80. The molecule has 0 spiro atoms. The van der Waals surface area contributed by atoms with Gasteiger partial charge in [-0.2, -0.15) is 5.10 Å². The molecule has 3 aromatic heterocycles. The fourth-order valence-electron chi connectivity index (χ4n) is 2.25. The second-order valence-corrected chi connectivity index (χ2v) is 5.21. The average molecular weight is 319 g/mol. The minimum atomic E-state index is 0.741. The Morgan fingerprint density at radius 1 is 1.21 bits per heavy atom. The topological polar surface area (TPSA) is 35.1 Å². The number of nitrogens with zero attached hydrogens (tertiary/aromatic N) is 4. The van der Waals surface area contributed by atoms with Crippen LogP contribution in [0.5, 0.6) is 0 Å². The maximum Gasteiger partial charge on any atom is 0.176 e. The lowest BCUT2D eigenvalue weighted by Gasteiger charge is -2.03. The number of fused-ring (bicyclic) bond motifs is 1. The maximum absolute atomic E-state index is 4.70. The normalized spacial score (nSPS) is 11.4. The van der Waals surface area contributed by atoms with Crippen molar-refractivity contribution in [2.75, 3.05) is 0 Å². The summed E-state index contributed by atoms with van der Waals surface area (Å²) >= 11 is 3.55. The molecular weight excluding hydrogens is 304 g/mol. The van der Waals surface area contributed by atoms with E-state index in [1.54, 1.807) is 0 Å². The van der Waals surface area contributed by atoms with E-state index in [4.69, 9.17) is 4.98 Å². The van der Waals surface area contributed by atoms with Crippen LogP contribution in [0.3, 0.4) is 0 Å². The summed E-state index contributed by atoms with van der Waals surface area (Å²) < 4.78 is 4.03. The van der Waals surface area contributed by atoms with Crippen molar-refractivity contribution in [2.45, 2.75) is 26.1 Å². The van der Waals surface area contributed by atoms with Crippen LogP contribution in [0.15, 0.2) is 24.4 Å². The van der Waals surface area contributed by atoms with E-state index < -0.39 is 0 Å². The molecular formula is C14H15BrN4. The van der Waals surface area contributed by atoms with Gasteiger partial charge in [-0.1, -0.05) is 22.0 Å². The molecule has 5 heteroatoms. The van der Waals surface area contributed by atoms with Gasteiger partial charge in [-0.05, 0) is 38.5 Å². The fraction of sp³-hybridized carbons (Fsp3) is 0.286. The van der Waals surface area contributed by atoms with Gasteiger partial charge in [-0.15, -0.1) is 0 Å². The van der Waals surface area contributed by atoms with Gasteiger partial charge in [0.05, 0.1) is 11.4 Å². The lowest BCUT2D eigenvalue weighted by Crippen LogP contribution is -2.03. The minimum Gasteiger partial charge on any atom is -0.301 e. The smallest absolute Gasteiger partial charge is 0.176 e. The number of rotatable bonds is 2. The summed E-state index contributed by atoms with van der Waals surface area (Å²) in [6.45, 7) is 6.21. The fourth-order valence-corrected chi connectivity index (χ4v) is 2.78. The molecule has 19 heavy (non-hydrogen) atoms. The van der Waals surface area contributed by atoms with Crippen LogP contribution in [0.4, 0.5) is 0 Å². The van der Waals surface area contributed by atoms with Gasteiger partial charge >= 0.3 is 0 Å². The third-order valence-electron chi connectivity index (χ3n) is 3.59. The molecule has 0 atom stereocenters. The molecule has 3 heterocycles. The van der Waals surface area contributed by atoms with E-state index in [1.165, 1.54) is 5.56 Å². The summed E-state index contributed by atoms with van der Waals surface area (Å²) in [5.41, 5.74) is 5.47. The lowest BCUT2D eigenvalue weighted by molar-refractivity contribution is 0.803. The van der Waals surface area contributed by atoms with Crippen molar-refractivity contribution < 1.29 is 0 Å². The van der Waals surface area contributed by atoms with Gasteiger partial charge in [-0.3, -0.25) is 0 Å². The molecule has 98 valence electrons. The number of hydrogen-bond acceptors (Lipinski definition) is 2. The van der Waals surface area contributed by atoms with Crippen LogP contribution in [-0.2, 0) is 5.33 Å². The molecule has 0 fully saturated rings. The second-order valence-electron chi connectivity index (χ2n) is 4.65. The third-order valence-corrected chi connectivity index (χ3v) is 4.12. The predicted molar refractivity (Wildman–Crippen MR) is 79.2 cm³/mol. The van der Waals surface area contributed by atoms with Gasteiger partial charge in [-0.25, -0.2) is 9.67 Å². The highest BCUT2D eigenvalue weighted by Gasteiger charge is 2.17. The summed E-state index contributed by atoms with van der Waals surface area (Å²) in [4.78, 5) is 4.70. The van der Waals surface area contributed by atoms with Gasteiger partial charge in [0.1, 0.15) is 5.65 Å². The van der Waals surface area contributed by atoms with Crippen molar-refractivity contribution in [3.8, 4) is 5.82 Å². The molecule has 4 nitrogen and oxygen atoms in total. The molecule has 0 aromatic carbocycles. The standard InChI is InChI=1S/C14H15BrN4/c1-9-10(2)17-19(11(9)3)14-12(8-15)18-7-5-4-6-13(18)16-14/h4-7H,8H2,1-3H3. The number of aryl methyl sites for hydroxylation is 1. The van der Waals surface area contributed by atoms with Crippen LogP contribution in [0, 0.1) is 20.8 Å². The van der Waals surface area contributed by atoms with Crippen molar-refractivity contribution >= 4 is 21.6 Å². The molecule has 3 aromatic rings. The number of alkyl halides is 1. The number of halogens is 1. The first kappa shape index (κ1) is 12.4. The van der Waals surface area contributed by atoms with E-state index in [1.807, 2.05) is 36.0 Å². The Labute approximate surface area is 120 Å². The summed E-state index contributed by atoms with van der Waals surface area (Å²) in [7, 11) is 0. The second kappa shape index (κ2) is 4.49. The zero-order valence-corrected chi connectivity index (χ0v) is 12.8. The minimum absolute atomic E-state index is 0.741. The highest BCUT2D eigenvalue weighted by Crippen LogP contribution is 2.22. The number of aromatic nitrogens is 4. The van der Waals surface area contributed by atoms with Crippen LogP contribution in [0.25, 0.3) is 11.5 Å². The monoisotopic (exact) mass is 318 g/mol. The first-order valence-electron chi connectivity index (χ1n) is 6.18. The summed E-state index contributed by atoms with van der Waals surface area (Å²) in [5, 5.41) is 5.34. The Kier molecular flexibility index (Phi) is 2.93. The molecule has 0 saturated heterocycles. The van der Waals surface area contributed by atoms with E-state index in [-0.39, 0.29) is 0 Å². The summed E-state index contributed by atoms with van der Waals surface area (Å²) in [6.07, 6.45) is 2.03. The lowest BCUT2D eigenvalue weighted by atomic mass is 10.2. The molecule has 0 unspecified atom stereocenters. The Balaban J connectivity index is 2.33. The van der Waals surface area contributed by atoms with Crippen molar-refractivity contribution in [2.24, 2.45) is 0 Å². The van der Waals surface area contributed by atoms with Crippen molar-refractivity contribution in [1.82, 2.24) is 19.2 Å². The van der Waals surface area contributed by atoms with E-state index in [9.17, 15) is 0 Å². The van der Waals surface area contributed by atoms with Crippen LogP contribution < -0.4 is 0 Å². The molecule has 0 radical (unpaired) electrons.